The third kappa shape index (κ3) is 8.56. The van der Waals surface area contributed by atoms with Crippen LogP contribution in [-0.4, -0.2) is 22.2 Å². The average molecular weight is 254 g/mol. The molecule has 18 heavy (non-hydrogen) atoms. The summed E-state index contributed by atoms with van der Waals surface area (Å²) >= 11 is 0. The summed E-state index contributed by atoms with van der Waals surface area (Å²) in [6.45, 7) is 3.20. The number of allylic oxidation sites excluding steroid dienone is 2. The van der Waals surface area contributed by atoms with E-state index in [4.69, 9.17) is 10.2 Å². The van der Waals surface area contributed by atoms with Gasteiger partial charge in [-0.2, -0.15) is 0 Å². The van der Waals surface area contributed by atoms with Crippen molar-refractivity contribution in [1.29, 1.82) is 0 Å². The van der Waals surface area contributed by atoms with Gasteiger partial charge in [-0.15, -0.1) is 0 Å². The molecule has 0 saturated heterocycles. The van der Waals surface area contributed by atoms with Gasteiger partial charge in [-0.25, -0.2) is 9.59 Å². The van der Waals surface area contributed by atoms with E-state index in [1.54, 1.807) is 26.0 Å². The zero-order valence-corrected chi connectivity index (χ0v) is 11.1. The summed E-state index contributed by atoms with van der Waals surface area (Å²) in [5.74, 6) is -1.71. The van der Waals surface area contributed by atoms with Crippen LogP contribution in [0.3, 0.4) is 0 Å². The monoisotopic (exact) mass is 254 g/mol. The highest BCUT2D eigenvalue weighted by Crippen LogP contribution is 2.09. The van der Waals surface area contributed by atoms with E-state index in [9.17, 15) is 9.59 Å². The Balaban J connectivity index is 3.53. The van der Waals surface area contributed by atoms with E-state index in [0.717, 1.165) is 38.5 Å². The molecule has 0 aliphatic heterocycles. The van der Waals surface area contributed by atoms with Crippen molar-refractivity contribution in [3.8, 4) is 0 Å². The Labute approximate surface area is 108 Å². The molecule has 0 aliphatic rings. The number of hydrogen-bond acceptors (Lipinski definition) is 2. The van der Waals surface area contributed by atoms with Crippen LogP contribution in [0.4, 0.5) is 0 Å². The number of unbranched alkanes of at least 4 members (excludes halogenated alkanes) is 5. The Morgan fingerprint density at radius 1 is 0.778 bits per heavy atom. The normalized spacial score (nSPS) is 12.6. The van der Waals surface area contributed by atoms with Gasteiger partial charge in [-0.05, 0) is 39.5 Å². The number of rotatable bonds is 9. The smallest absolute Gasteiger partial charge is 0.330 e. The molecule has 0 bridgehead atoms. The number of hydrogen-bond donors (Lipinski definition) is 2. The maximum Gasteiger partial charge on any atom is 0.330 e. The SMILES string of the molecule is CC(=CCCCCCCC=C(C)C(=O)O)C(=O)O. The summed E-state index contributed by atoms with van der Waals surface area (Å²) in [6, 6.07) is 0. The van der Waals surface area contributed by atoms with Crippen LogP contribution < -0.4 is 0 Å². The minimum Gasteiger partial charge on any atom is -0.478 e. The highest BCUT2D eigenvalue weighted by Gasteiger charge is 1.99. The Bertz CT molecular complexity index is 306. The minimum atomic E-state index is -0.857. The molecule has 0 saturated carbocycles. The maximum atomic E-state index is 10.5. The van der Waals surface area contributed by atoms with E-state index in [-0.39, 0.29) is 0 Å². The summed E-state index contributed by atoms with van der Waals surface area (Å²) in [5, 5.41) is 17.3. The Hall–Kier alpha value is -1.58. The first kappa shape index (κ1) is 16.4. The van der Waals surface area contributed by atoms with Crippen molar-refractivity contribution in [2.24, 2.45) is 0 Å². The average Bonchev–Trinajstić information content (AvgIpc) is 2.31. The molecule has 0 amide bonds. The molecule has 0 aromatic carbocycles. The lowest BCUT2D eigenvalue weighted by Crippen LogP contribution is -1.95. The van der Waals surface area contributed by atoms with Crippen LogP contribution in [0.15, 0.2) is 23.3 Å². The van der Waals surface area contributed by atoms with Gasteiger partial charge in [0.1, 0.15) is 0 Å². The van der Waals surface area contributed by atoms with Crippen molar-refractivity contribution in [3.63, 3.8) is 0 Å². The van der Waals surface area contributed by atoms with Gasteiger partial charge in [0.15, 0.2) is 0 Å². The summed E-state index contributed by atoms with van der Waals surface area (Å²) in [4.78, 5) is 21.0. The first-order chi connectivity index (χ1) is 8.45. The highest BCUT2D eigenvalue weighted by molar-refractivity contribution is 5.86. The molecule has 0 fully saturated rings. The van der Waals surface area contributed by atoms with Crippen LogP contribution in [0, 0.1) is 0 Å². The van der Waals surface area contributed by atoms with Crippen LogP contribution in [-0.2, 0) is 9.59 Å². The summed E-state index contributed by atoms with van der Waals surface area (Å²) < 4.78 is 0. The molecule has 0 spiro atoms. The van der Waals surface area contributed by atoms with Crippen molar-refractivity contribution in [2.45, 2.75) is 52.4 Å². The molecule has 0 atom stereocenters. The molecular weight excluding hydrogens is 232 g/mol. The molecule has 0 aliphatic carbocycles. The zero-order chi connectivity index (χ0) is 14.0. The molecule has 0 aromatic rings. The summed E-state index contributed by atoms with van der Waals surface area (Å²) in [5.41, 5.74) is 0.796. The number of carboxylic acid groups (broad SMARTS) is 2. The van der Waals surface area contributed by atoms with Crippen molar-refractivity contribution in [2.75, 3.05) is 0 Å². The fourth-order valence-electron chi connectivity index (χ4n) is 1.45. The minimum absolute atomic E-state index is 0.398. The lowest BCUT2D eigenvalue weighted by atomic mass is 10.1. The van der Waals surface area contributed by atoms with Crippen molar-refractivity contribution in [1.82, 2.24) is 0 Å². The maximum absolute atomic E-state index is 10.5. The zero-order valence-electron chi connectivity index (χ0n) is 11.1. The molecule has 0 rings (SSSR count). The van der Waals surface area contributed by atoms with Crippen LogP contribution in [0.25, 0.3) is 0 Å². The van der Waals surface area contributed by atoms with E-state index in [2.05, 4.69) is 0 Å². The Morgan fingerprint density at radius 3 is 1.39 bits per heavy atom. The second kappa shape index (κ2) is 9.45. The van der Waals surface area contributed by atoms with Gasteiger partial charge in [0.05, 0.1) is 0 Å². The van der Waals surface area contributed by atoms with Crippen molar-refractivity contribution in [3.05, 3.63) is 23.3 Å². The van der Waals surface area contributed by atoms with Crippen LogP contribution in [0.2, 0.25) is 0 Å². The van der Waals surface area contributed by atoms with Gasteiger partial charge in [0, 0.05) is 11.1 Å². The molecule has 0 aromatic heterocycles. The fraction of sp³-hybridized carbons (Fsp3) is 0.571. The lowest BCUT2D eigenvalue weighted by Gasteiger charge is -1.98. The van der Waals surface area contributed by atoms with Crippen LogP contribution in [0.1, 0.15) is 52.4 Å². The predicted molar refractivity (Wildman–Crippen MR) is 70.5 cm³/mol. The van der Waals surface area contributed by atoms with Crippen molar-refractivity contribution < 1.29 is 19.8 Å². The fourth-order valence-corrected chi connectivity index (χ4v) is 1.45. The molecule has 0 unspecified atom stereocenters. The largest absolute Gasteiger partial charge is 0.478 e. The van der Waals surface area contributed by atoms with E-state index in [1.807, 2.05) is 0 Å². The molecular formula is C14H22O4. The first-order valence-electron chi connectivity index (χ1n) is 6.25. The van der Waals surface area contributed by atoms with Gasteiger partial charge in [-0.1, -0.05) is 25.0 Å². The first-order valence-corrected chi connectivity index (χ1v) is 6.25. The third-order valence-corrected chi connectivity index (χ3v) is 2.73. The summed E-state index contributed by atoms with van der Waals surface area (Å²) in [7, 11) is 0. The molecule has 4 heteroatoms. The second-order valence-electron chi connectivity index (χ2n) is 4.38. The number of aliphatic carboxylic acids is 2. The molecule has 2 N–H and O–H groups in total. The molecule has 0 radical (unpaired) electrons. The van der Waals surface area contributed by atoms with Gasteiger partial charge < -0.3 is 10.2 Å². The van der Waals surface area contributed by atoms with Crippen LogP contribution in [0.5, 0.6) is 0 Å². The highest BCUT2D eigenvalue weighted by atomic mass is 16.4. The third-order valence-electron chi connectivity index (χ3n) is 2.73. The van der Waals surface area contributed by atoms with Crippen LogP contribution >= 0.6 is 0 Å². The number of carboxylic acids is 2. The predicted octanol–water partition coefficient (Wildman–Crippen LogP) is 3.39. The topological polar surface area (TPSA) is 74.6 Å². The van der Waals surface area contributed by atoms with E-state index in [1.165, 1.54) is 0 Å². The number of carbonyl (C=O) groups is 2. The van der Waals surface area contributed by atoms with E-state index >= 15 is 0 Å². The second-order valence-corrected chi connectivity index (χ2v) is 4.38. The van der Waals surface area contributed by atoms with Gasteiger partial charge in [-0.3, -0.25) is 0 Å². The van der Waals surface area contributed by atoms with E-state index < -0.39 is 11.9 Å². The standard InChI is InChI=1S/C14H22O4/c1-11(13(15)16)9-7-5-3-4-6-8-10-12(2)14(17)18/h9-10H,3-8H2,1-2H3,(H,15,16)(H,17,18). The quantitative estimate of drug-likeness (QED) is 0.488. The van der Waals surface area contributed by atoms with Gasteiger partial charge in [0.2, 0.25) is 0 Å². The van der Waals surface area contributed by atoms with Crippen molar-refractivity contribution >= 4 is 11.9 Å². The lowest BCUT2D eigenvalue weighted by molar-refractivity contribution is -0.133. The Morgan fingerprint density at radius 2 is 1.11 bits per heavy atom. The summed E-state index contributed by atoms with van der Waals surface area (Å²) in [6.07, 6.45) is 9.13. The van der Waals surface area contributed by atoms with E-state index in [0.29, 0.717) is 11.1 Å². The van der Waals surface area contributed by atoms with Gasteiger partial charge >= 0.3 is 11.9 Å². The Kier molecular flexibility index (Phi) is 8.62. The molecule has 102 valence electrons. The molecule has 4 nitrogen and oxygen atoms in total. The van der Waals surface area contributed by atoms with Gasteiger partial charge in [0.25, 0.3) is 0 Å². The molecule has 0 heterocycles.